The highest BCUT2D eigenvalue weighted by Crippen LogP contribution is 2.35. The molecule has 0 bridgehead atoms. The zero-order chi connectivity index (χ0) is 23.7. The van der Waals surface area contributed by atoms with Crippen molar-refractivity contribution in [2.24, 2.45) is 5.10 Å². The molecule has 0 aliphatic heterocycles. The molecule has 3 amide bonds. The van der Waals surface area contributed by atoms with E-state index >= 15 is 0 Å². The number of methoxy groups -OCH3 is 2. The molecule has 2 aromatic rings. The maximum atomic E-state index is 12.3. The van der Waals surface area contributed by atoms with Gasteiger partial charge in [0.05, 0.1) is 31.4 Å². The lowest BCUT2D eigenvalue weighted by molar-refractivity contribution is -0.136. The van der Waals surface area contributed by atoms with Gasteiger partial charge in [-0.15, -0.1) is 0 Å². The average molecular weight is 461 g/mol. The summed E-state index contributed by atoms with van der Waals surface area (Å²) in [5, 5.41) is 9.29. The Bertz CT molecular complexity index is 1020. The topological polar surface area (TPSA) is 118 Å². The molecule has 0 aliphatic carbocycles. The van der Waals surface area contributed by atoms with Gasteiger partial charge in [0, 0.05) is 23.5 Å². The third-order valence-electron chi connectivity index (χ3n) is 4.34. The number of carbonyl (C=O) groups is 3. The van der Waals surface area contributed by atoms with Crippen molar-refractivity contribution in [1.29, 1.82) is 0 Å². The fourth-order valence-electron chi connectivity index (χ4n) is 2.63. The number of aryl methyl sites for hydroxylation is 1. The van der Waals surface area contributed by atoms with Crippen LogP contribution in [0.4, 0.5) is 11.4 Å². The molecule has 0 unspecified atom stereocenters. The highest BCUT2D eigenvalue weighted by molar-refractivity contribution is 6.39. The number of amides is 3. The lowest BCUT2D eigenvalue weighted by Gasteiger charge is -2.13. The van der Waals surface area contributed by atoms with Crippen LogP contribution in [0.2, 0.25) is 5.02 Å². The van der Waals surface area contributed by atoms with Crippen LogP contribution in [0.3, 0.4) is 0 Å². The monoisotopic (exact) mass is 460 g/mol. The van der Waals surface area contributed by atoms with Crippen molar-refractivity contribution in [3.8, 4) is 11.5 Å². The summed E-state index contributed by atoms with van der Waals surface area (Å²) < 4.78 is 10.4. The third-order valence-corrected chi connectivity index (χ3v) is 4.63. The quantitative estimate of drug-likeness (QED) is 0.317. The Balaban J connectivity index is 1.92. The number of carbonyl (C=O) groups excluding carboxylic acids is 3. The van der Waals surface area contributed by atoms with Gasteiger partial charge in [-0.3, -0.25) is 14.4 Å². The lowest BCUT2D eigenvalue weighted by atomic mass is 10.1. The summed E-state index contributed by atoms with van der Waals surface area (Å²) in [6.07, 6.45) is 0.739. The Morgan fingerprint density at radius 1 is 0.969 bits per heavy atom. The normalized spacial score (nSPS) is 10.8. The standard InChI is InChI=1S/C22H25ClN4O5/c1-5-14-6-8-15(9-7-14)24-21(29)22(30)27-26-13(2)10-20(28)25-17-12-18(31-3)16(23)11-19(17)32-4/h6-9,11-12H,5,10H2,1-4H3,(H,24,29)(H,25,28)(H,27,30). The van der Waals surface area contributed by atoms with E-state index in [1.54, 1.807) is 19.1 Å². The van der Waals surface area contributed by atoms with Gasteiger partial charge in [0.25, 0.3) is 0 Å². The zero-order valence-electron chi connectivity index (χ0n) is 18.2. The van der Waals surface area contributed by atoms with E-state index in [0.717, 1.165) is 12.0 Å². The van der Waals surface area contributed by atoms with Crippen molar-refractivity contribution in [1.82, 2.24) is 5.43 Å². The van der Waals surface area contributed by atoms with Gasteiger partial charge in [-0.2, -0.15) is 5.10 Å². The maximum Gasteiger partial charge on any atom is 0.329 e. The summed E-state index contributed by atoms with van der Waals surface area (Å²) >= 11 is 6.05. The van der Waals surface area contributed by atoms with Gasteiger partial charge in [0.2, 0.25) is 5.91 Å². The van der Waals surface area contributed by atoms with E-state index in [9.17, 15) is 14.4 Å². The van der Waals surface area contributed by atoms with Crippen LogP contribution in [-0.2, 0) is 20.8 Å². The molecule has 3 N–H and O–H groups in total. The van der Waals surface area contributed by atoms with Gasteiger partial charge in [-0.1, -0.05) is 30.7 Å². The number of ether oxygens (including phenoxy) is 2. The molecule has 32 heavy (non-hydrogen) atoms. The minimum absolute atomic E-state index is 0.130. The second kappa shape index (κ2) is 11.7. The minimum atomic E-state index is -0.951. The first kappa shape index (κ1) is 24.7. The third kappa shape index (κ3) is 6.98. The number of rotatable bonds is 8. The number of nitrogens with one attached hydrogen (secondary N) is 3. The highest BCUT2D eigenvalue weighted by Gasteiger charge is 2.15. The molecule has 10 heteroatoms. The zero-order valence-corrected chi connectivity index (χ0v) is 19.0. The summed E-state index contributed by atoms with van der Waals surface area (Å²) in [5.74, 6) is -1.50. The number of nitrogens with zero attached hydrogens (tertiary/aromatic N) is 1. The lowest BCUT2D eigenvalue weighted by Crippen LogP contribution is -2.33. The molecule has 0 radical (unpaired) electrons. The number of halogens is 1. The summed E-state index contributed by atoms with van der Waals surface area (Å²) in [6, 6.07) is 10.2. The molecular formula is C22H25ClN4O5. The van der Waals surface area contributed by atoms with Crippen molar-refractivity contribution < 1.29 is 23.9 Å². The van der Waals surface area contributed by atoms with E-state index < -0.39 is 17.7 Å². The highest BCUT2D eigenvalue weighted by atomic mass is 35.5. The first-order chi connectivity index (χ1) is 15.3. The van der Waals surface area contributed by atoms with E-state index in [-0.39, 0.29) is 12.1 Å². The molecule has 2 rings (SSSR count). The van der Waals surface area contributed by atoms with Crippen LogP contribution in [0.1, 0.15) is 25.8 Å². The molecule has 0 spiro atoms. The molecule has 0 saturated carbocycles. The first-order valence-electron chi connectivity index (χ1n) is 9.72. The Labute approximate surface area is 191 Å². The van der Waals surface area contributed by atoms with Crippen molar-refractivity contribution in [2.75, 3.05) is 24.9 Å². The van der Waals surface area contributed by atoms with Gasteiger partial charge < -0.3 is 20.1 Å². The molecular weight excluding hydrogens is 436 g/mol. The minimum Gasteiger partial charge on any atom is -0.495 e. The fraction of sp³-hybridized carbons (Fsp3) is 0.273. The number of hydrogen-bond donors (Lipinski definition) is 3. The smallest absolute Gasteiger partial charge is 0.329 e. The van der Waals surface area contributed by atoms with E-state index in [1.165, 1.54) is 26.4 Å². The van der Waals surface area contributed by atoms with Crippen molar-refractivity contribution in [2.45, 2.75) is 26.7 Å². The van der Waals surface area contributed by atoms with Gasteiger partial charge in [0.15, 0.2) is 0 Å². The molecule has 0 saturated heterocycles. The second-order valence-corrected chi connectivity index (χ2v) is 7.11. The van der Waals surface area contributed by atoms with Crippen molar-refractivity contribution >= 4 is 46.4 Å². The molecule has 0 aromatic heterocycles. The average Bonchev–Trinajstić information content (AvgIpc) is 2.78. The number of hydrazone groups is 1. The largest absolute Gasteiger partial charge is 0.495 e. The molecule has 0 aliphatic rings. The summed E-state index contributed by atoms with van der Waals surface area (Å²) in [4.78, 5) is 36.3. The van der Waals surface area contributed by atoms with Gasteiger partial charge in [-0.05, 0) is 31.0 Å². The summed E-state index contributed by atoms with van der Waals surface area (Å²) in [5.41, 5.74) is 4.40. The summed E-state index contributed by atoms with van der Waals surface area (Å²) in [7, 11) is 2.90. The molecule has 0 atom stereocenters. The Hall–Kier alpha value is -3.59. The van der Waals surface area contributed by atoms with Crippen LogP contribution in [0.25, 0.3) is 0 Å². The van der Waals surface area contributed by atoms with Gasteiger partial charge in [-0.25, -0.2) is 5.43 Å². The van der Waals surface area contributed by atoms with Gasteiger partial charge in [0.1, 0.15) is 11.5 Å². The molecule has 170 valence electrons. The van der Waals surface area contributed by atoms with Crippen molar-refractivity contribution in [3.05, 3.63) is 47.0 Å². The SMILES string of the molecule is CCc1ccc(NC(=O)C(=O)NN=C(C)CC(=O)Nc2cc(OC)c(Cl)cc2OC)cc1. The van der Waals surface area contributed by atoms with E-state index in [1.807, 2.05) is 19.1 Å². The second-order valence-electron chi connectivity index (χ2n) is 6.70. The van der Waals surface area contributed by atoms with Crippen molar-refractivity contribution in [3.63, 3.8) is 0 Å². The van der Waals surface area contributed by atoms with Gasteiger partial charge >= 0.3 is 11.8 Å². The number of hydrogen-bond acceptors (Lipinski definition) is 6. The predicted octanol–water partition coefficient (Wildman–Crippen LogP) is 3.38. The molecule has 0 heterocycles. The Kier molecular flexibility index (Phi) is 9.03. The van der Waals surface area contributed by atoms with Crippen LogP contribution >= 0.6 is 11.6 Å². The van der Waals surface area contributed by atoms with Crippen LogP contribution in [0.5, 0.6) is 11.5 Å². The number of anilines is 2. The van der Waals surface area contributed by atoms with E-state index in [4.69, 9.17) is 21.1 Å². The predicted molar refractivity (Wildman–Crippen MR) is 124 cm³/mol. The molecule has 9 nitrogen and oxygen atoms in total. The van der Waals surface area contributed by atoms with Crippen LogP contribution in [0, 0.1) is 0 Å². The maximum absolute atomic E-state index is 12.3. The summed E-state index contributed by atoms with van der Waals surface area (Å²) in [6.45, 7) is 3.56. The Morgan fingerprint density at radius 2 is 1.62 bits per heavy atom. The number of benzene rings is 2. The molecule has 2 aromatic carbocycles. The van der Waals surface area contributed by atoms with E-state index in [0.29, 0.717) is 27.9 Å². The van der Waals surface area contributed by atoms with Crippen LogP contribution in [-0.4, -0.2) is 37.7 Å². The Morgan fingerprint density at radius 3 is 2.22 bits per heavy atom. The fourth-order valence-corrected chi connectivity index (χ4v) is 2.86. The molecule has 0 fully saturated rings. The first-order valence-corrected chi connectivity index (χ1v) is 10.1. The van der Waals surface area contributed by atoms with Crippen LogP contribution in [0.15, 0.2) is 41.5 Å². The van der Waals surface area contributed by atoms with Crippen LogP contribution < -0.4 is 25.5 Å². The van der Waals surface area contributed by atoms with E-state index in [2.05, 4.69) is 21.2 Å².